The van der Waals surface area contributed by atoms with Gasteiger partial charge in [0.1, 0.15) is 5.82 Å². The second-order valence-electron chi connectivity index (χ2n) is 7.44. The average Bonchev–Trinajstić information content (AvgIpc) is 3.18. The summed E-state index contributed by atoms with van der Waals surface area (Å²) in [5.41, 5.74) is 0. The summed E-state index contributed by atoms with van der Waals surface area (Å²) >= 11 is 1.52. The van der Waals surface area contributed by atoms with E-state index in [2.05, 4.69) is 60.2 Å². The summed E-state index contributed by atoms with van der Waals surface area (Å²) in [5.74, 6) is 1.97. The first kappa shape index (κ1) is 23.6. The maximum absolute atomic E-state index is 4.62. The predicted octanol–water partition coefficient (Wildman–Crippen LogP) is 1.05. The monoisotopic (exact) mass is 522 g/mol. The molecule has 0 radical (unpaired) electrons. The van der Waals surface area contributed by atoms with Gasteiger partial charge in [0.05, 0.1) is 0 Å². The van der Waals surface area contributed by atoms with Crippen molar-refractivity contribution >= 4 is 46.6 Å². The van der Waals surface area contributed by atoms with Crippen LogP contribution in [0, 0.1) is 0 Å². The van der Waals surface area contributed by atoms with Crippen LogP contribution in [0.4, 0.5) is 5.13 Å². The molecule has 0 bridgehead atoms. The average molecular weight is 523 g/mol. The van der Waals surface area contributed by atoms with Crippen LogP contribution in [0.5, 0.6) is 0 Å². The molecule has 1 N–H and O–H groups in total. The van der Waals surface area contributed by atoms with E-state index in [-0.39, 0.29) is 24.0 Å². The van der Waals surface area contributed by atoms with E-state index in [1.807, 2.05) is 7.05 Å². The summed E-state index contributed by atoms with van der Waals surface area (Å²) in [6.07, 6.45) is 0.901. The van der Waals surface area contributed by atoms with Crippen molar-refractivity contribution in [1.82, 2.24) is 29.4 Å². The summed E-state index contributed by atoms with van der Waals surface area (Å²) in [6, 6.07) is 0.519. The number of aromatic nitrogens is 2. The quantitative estimate of drug-likeness (QED) is 0.353. The van der Waals surface area contributed by atoms with Crippen molar-refractivity contribution < 1.29 is 0 Å². The van der Waals surface area contributed by atoms with Crippen LogP contribution in [0.15, 0.2) is 4.99 Å². The highest BCUT2D eigenvalue weighted by Crippen LogP contribution is 2.19. The Labute approximate surface area is 190 Å². The molecule has 0 amide bonds. The Morgan fingerprint density at radius 2 is 1.82 bits per heavy atom. The van der Waals surface area contributed by atoms with Gasteiger partial charge in [0, 0.05) is 89.9 Å². The summed E-state index contributed by atoms with van der Waals surface area (Å²) in [4.78, 5) is 18.8. The minimum atomic E-state index is 0. The molecule has 10 heteroatoms. The second kappa shape index (κ2) is 11.5. The first-order chi connectivity index (χ1) is 13.1. The Morgan fingerprint density at radius 3 is 2.39 bits per heavy atom. The van der Waals surface area contributed by atoms with E-state index >= 15 is 0 Å². The zero-order chi connectivity index (χ0) is 19.2. The van der Waals surface area contributed by atoms with E-state index in [0.717, 1.165) is 82.2 Å². The SMILES string of the molecule is CCc1nsc(N2CCN(C(=NC)NCC(C)N3CCN(C)CC3)CC2)n1.I. The predicted molar refractivity (Wildman–Crippen MR) is 128 cm³/mol. The number of aliphatic imine (C=N–C) groups is 1. The molecule has 2 aliphatic rings. The van der Waals surface area contributed by atoms with Gasteiger partial charge in [-0.15, -0.1) is 24.0 Å². The Balaban J connectivity index is 0.00000280. The van der Waals surface area contributed by atoms with Crippen LogP contribution in [-0.4, -0.2) is 109 Å². The fourth-order valence-corrected chi connectivity index (χ4v) is 4.39. The minimum Gasteiger partial charge on any atom is -0.355 e. The maximum atomic E-state index is 4.62. The number of halogens is 1. The summed E-state index contributed by atoms with van der Waals surface area (Å²) in [7, 11) is 4.08. The van der Waals surface area contributed by atoms with Gasteiger partial charge in [-0.1, -0.05) is 6.92 Å². The number of rotatable bonds is 5. The number of aryl methyl sites for hydroxylation is 1. The van der Waals surface area contributed by atoms with Crippen molar-refractivity contribution in [2.75, 3.05) is 77.9 Å². The van der Waals surface area contributed by atoms with Gasteiger partial charge in [-0.2, -0.15) is 4.37 Å². The molecule has 2 fully saturated rings. The van der Waals surface area contributed by atoms with Gasteiger partial charge in [0.15, 0.2) is 5.96 Å². The number of nitrogens with one attached hydrogen (secondary N) is 1. The van der Waals surface area contributed by atoms with Gasteiger partial charge in [0.25, 0.3) is 0 Å². The van der Waals surface area contributed by atoms with E-state index < -0.39 is 0 Å². The normalized spacial score (nSPS) is 20.8. The number of nitrogens with zero attached hydrogens (tertiary/aromatic N) is 7. The molecule has 1 atom stereocenters. The smallest absolute Gasteiger partial charge is 0.205 e. The Morgan fingerprint density at radius 1 is 1.14 bits per heavy atom. The third kappa shape index (κ3) is 6.14. The molecule has 0 spiro atoms. The van der Waals surface area contributed by atoms with Gasteiger partial charge in [-0.05, 0) is 14.0 Å². The molecule has 1 aromatic rings. The van der Waals surface area contributed by atoms with Crippen LogP contribution in [0.3, 0.4) is 0 Å². The summed E-state index contributed by atoms with van der Waals surface area (Å²) in [5, 5.41) is 4.65. The van der Waals surface area contributed by atoms with Crippen molar-refractivity contribution in [3.63, 3.8) is 0 Å². The number of hydrogen-bond acceptors (Lipinski definition) is 7. The summed E-state index contributed by atoms with van der Waals surface area (Å²) < 4.78 is 4.41. The third-order valence-electron chi connectivity index (χ3n) is 5.55. The van der Waals surface area contributed by atoms with Gasteiger partial charge in [-0.3, -0.25) is 9.89 Å². The number of hydrogen-bond donors (Lipinski definition) is 1. The second-order valence-corrected chi connectivity index (χ2v) is 8.17. The molecule has 160 valence electrons. The van der Waals surface area contributed by atoms with E-state index in [4.69, 9.17) is 0 Å². The molecule has 3 rings (SSSR count). The molecule has 1 aromatic heterocycles. The molecular weight excluding hydrogens is 487 g/mol. The van der Waals surface area contributed by atoms with Gasteiger partial charge in [-0.25, -0.2) is 4.98 Å². The number of anilines is 1. The fourth-order valence-electron chi connectivity index (χ4n) is 3.59. The molecule has 2 aliphatic heterocycles. The molecular formula is C18H35IN8S. The molecule has 1 unspecified atom stereocenters. The minimum absolute atomic E-state index is 0. The third-order valence-corrected chi connectivity index (χ3v) is 6.37. The van der Waals surface area contributed by atoms with Crippen LogP contribution in [-0.2, 0) is 6.42 Å². The van der Waals surface area contributed by atoms with Crippen molar-refractivity contribution in [3.8, 4) is 0 Å². The van der Waals surface area contributed by atoms with E-state index in [1.165, 1.54) is 11.5 Å². The Bertz CT molecular complexity index is 608. The van der Waals surface area contributed by atoms with Crippen LogP contribution in [0.1, 0.15) is 19.7 Å². The first-order valence-electron chi connectivity index (χ1n) is 10.1. The highest BCUT2D eigenvalue weighted by atomic mass is 127. The van der Waals surface area contributed by atoms with Gasteiger partial charge < -0.3 is 20.0 Å². The molecule has 2 saturated heterocycles. The van der Waals surface area contributed by atoms with Gasteiger partial charge in [0.2, 0.25) is 5.13 Å². The highest BCUT2D eigenvalue weighted by Gasteiger charge is 2.23. The lowest BCUT2D eigenvalue weighted by Crippen LogP contribution is -2.55. The Hall–Kier alpha value is -0.720. The number of guanidine groups is 1. The maximum Gasteiger partial charge on any atom is 0.205 e. The van der Waals surface area contributed by atoms with Gasteiger partial charge >= 0.3 is 0 Å². The van der Waals surface area contributed by atoms with E-state index in [9.17, 15) is 0 Å². The Kier molecular flexibility index (Phi) is 9.64. The van der Waals surface area contributed by atoms with Crippen LogP contribution in [0.25, 0.3) is 0 Å². The molecule has 28 heavy (non-hydrogen) atoms. The molecule has 8 nitrogen and oxygen atoms in total. The molecule has 0 saturated carbocycles. The largest absolute Gasteiger partial charge is 0.355 e. The molecule has 0 aliphatic carbocycles. The lowest BCUT2D eigenvalue weighted by Gasteiger charge is -2.38. The van der Waals surface area contributed by atoms with Crippen LogP contribution < -0.4 is 10.2 Å². The number of piperazine rings is 2. The number of likely N-dealkylation sites (N-methyl/N-ethyl adjacent to an activating group) is 1. The highest BCUT2D eigenvalue weighted by molar-refractivity contribution is 14.0. The van der Waals surface area contributed by atoms with Crippen molar-refractivity contribution in [2.24, 2.45) is 4.99 Å². The van der Waals surface area contributed by atoms with E-state index in [0.29, 0.717) is 6.04 Å². The zero-order valence-electron chi connectivity index (χ0n) is 17.6. The van der Waals surface area contributed by atoms with Crippen LogP contribution >= 0.6 is 35.5 Å². The van der Waals surface area contributed by atoms with E-state index in [1.54, 1.807) is 0 Å². The van der Waals surface area contributed by atoms with Crippen LogP contribution in [0.2, 0.25) is 0 Å². The zero-order valence-corrected chi connectivity index (χ0v) is 20.7. The fraction of sp³-hybridized carbons (Fsp3) is 0.833. The summed E-state index contributed by atoms with van der Waals surface area (Å²) in [6.45, 7) is 13.8. The lowest BCUT2D eigenvalue weighted by atomic mass is 10.2. The van der Waals surface area contributed by atoms with Crippen molar-refractivity contribution in [1.29, 1.82) is 0 Å². The van der Waals surface area contributed by atoms with Crippen molar-refractivity contribution in [2.45, 2.75) is 26.3 Å². The topological polar surface area (TPSA) is 63.1 Å². The first-order valence-corrected chi connectivity index (χ1v) is 10.8. The molecule has 3 heterocycles. The lowest BCUT2D eigenvalue weighted by molar-refractivity contribution is 0.119. The standard InChI is InChI=1S/C18H34N8S.HI/c1-5-16-21-18(27-22-16)26-12-10-25(11-13-26)17(19-3)20-14-15(2)24-8-6-23(4)7-9-24;/h15H,5-14H2,1-4H3,(H,19,20);1H. The van der Waals surface area contributed by atoms with Crippen molar-refractivity contribution in [3.05, 3.63) is 5.82 Å². The molecule has 0 aromatic carbocycles.